The lowest BCUT2D eigenvalue weighted by atomic mass is 9.80. The highest BCUT2D eigenvalue weighted by Gasteiger charge is 2.37. The maximum Gasteiger partial charge on any atom is 0.306 e. The zero-order valence-electron chi connectivity index (χ0n) is 12.6. The first kappa shape index (κ1) is 17.4. The van der Waals surface area contributed by atoms with E-state index in [1.165, 1.54) is 6.42 Å². The molecule has 0 aromatic heterocycles. The molecule has 0 aromatic carbocycles. The molecule has 2 N–H and O–H groups in total. The van der Waals surface area contributed by atoms with E-state index in [-0.39, 0.29) is 19.3 Å². The summed E-state index contributed by atoms with van der Waals surface area (Å²) in [5.74, 6) is -2.58. The van der Waals surface area contributed by atoms with Crippen molar-refractivity contribution in [2.75, 3.05) is 5.75 Å². The van der Waals surface area contributed by atoms with Crippen molar-refractivity contribution in [3.63, 3.8) is 0 Å². The lowest BCUT2D eigenvalue weighted by molar-refractivity contribution is -0.150. The van der Waals surface area contributed by atoms with E-state index in [4.69, 9.17) is 14.4 Å². The van der Waals surface area contributed by atoms with Gasteiger partial charge in [0, 0.05) is 0 Å². The molecule has 22 heavy (non-hydrogen) atoms. The van der Waals surface area contributed by atoms with Crippen LogP contribution in [0.1, 0.15) is 51.4 Å². The zero-order chi connectivity index (χ0) is 16.1. The van der Waals surface area contributed by atoms with Gasteiger partial charge in [-0.25, -0.2) is 4.21 Å². The van der Waals surface area contributed by atoms with Crippen LogP contribution < -0.4 is 0 Å². The second-order valence-electron chi connectivity index (χ2n) is 6.47. The lowest BCUT2D eigenvalue weighted by Gasteiger charge is -2.30. The first-order valence-corrected chi connectivity index (χ1v) is 9.21. The van der Waals surface area contributed by atoms with Crippen molar-refractivity contribution in [3.8, 4) is 0 Å². The number of carboxylic acid groups (broad SMARTS) is 2. The number of carboxylic acids is 2. The summed E-state index contributed by atoms with van der Waals surface area (Å²) >= 11 is -1.46. The van der Waals surface area contributed by atoms with Gasteiger partial charge >= 0.3 is 11.9 Å². The first-order valence-electron chi connectivity index (χ1n) is 7.96. The number of hydrogen-bond donors (Lipinski definition) is 2. The highest BCUT2D eigenvalue weighted by atomic mass is 32.2. The Morgan fingerprint density at radius 1 is 0.955 bits per heavy atom. The van der Waals surface area contributed by atoms with Crippen molar-refractivity contribution in [1.29, 1.82) is 0 Å². The van der Waals surface area contributed by atoms with Crippen LogP contribution in [0.3, 0.4) is 0 Å². The van der Waals surface area contributed by atoms with E-state index in [9.17, 15) is 13.8 Å². The average molecular weight is 332 g/mol. The fourth-order valence-corrected chi connectivity index (χ4v) is 4.74. The summed E-state index contributed by atoms with van der Waals surface area (Å²) in [6.45, 7) is 0. The maximum atomic E-state index is 12.1. The molecule has 0 bridgehead atoms. The van der Waals surface area contributed by atoms with Gasteiger partial charge in [0.1, 0.15) is 0 Å². The molecule has 0 aliphatic heterocycles. The van der Waals surface area contributed by atoms with E-state index in [0.717, 1.165) is 25.7 Å². The van der Waals surface area contributed by atoms with Crippen LogP contribution in [-0.4, -0.2) is 38.2 Å². The molecule has 2 aliphatic rings. The fourth-order valence-electron chi connectivity index (χ4n) is 3.49. The van der Waals surface area contributed by atoms with Gasteiger partial charge in [0.15, 0.2) is 11.1 Å². The minimum absolute atomic E-state index is 0.125. The van der Waals surface area contributed by atoms with Crippen LogP contribution in [0, 0.1) is 17.8 Å². The summed E-state index contributed by atoms with van der Waals surface area (Å²) in [5, 5.41) is 18.3. The van der Waals surface area contributed by atoms with Gasteiger partial charge in [-0.2, -0.15) is 0 Å². The molecular formula is C15H24O6S. The van der Waals surface area contributed by atoms with Crippen molar-refractivity contribution in [2.24, 2.45) is 17.8 Å². The molecule has 126 valence electrons. The minimum Gasteiger partial charge on any atom is -0.481 e. The second kappa shape index (κ2) is 8.06. The summed E-state index contributed by atoms with van der Waals surface area (Å²) in [7, 11) is 0. The van der Waals surface area contributed by atoms with Gasteiger partial charge in [0.05, 0.1) is 23.7 Å². The molecule has 2 fully saturated rings. The Balaban J connectivity index is 1.87. The van der Waals surface area contributed by atoms with Crippen molar-refractivity contribution < 1.29 is 28.2 Å². The molecule has 7 heteroatoms. The Hall–Kier alpha value is -0.950. The zero-order valence-corrected chi connectivity index (χ0v) is 13.4. The summed E-state index contributed by atoms with van der Waals surface area (Å²) in [6, 6.07) is 0. The molecule has 0 radical (unpaired) electrons. The SMILES string of the molecule is O=C(O)C1CC(OS(=O)CC2CCCCC2)CC(C(=O)O)C1. The minimum atomic E-state index is -1.46. The molecule has 0 amide bonds. The third kappa shape index (κ3) is 5.05. The molecule has 3 atom stereocenters. The summed E-state index contributed by atoms with van der Waals surface area (Å²) in [5.41, 5.74) is 0. The first-order chi connectivity index (χ1) is 10.5. The van der Waals surface area contributed by atoms with Gasteiger partial charge in [0.2, 0.25) is 0 Å². The monoisotopic (exact) mass is 332 g/mol. The third-order valence-corrected chi connectivity index (χ3v) is 5.93. The third-order valence-electron chi connectivity index (χ3n) is 4.70. The average Bonchev–Trinajstić information content (AvgIpc) is 2.47. The normalized spacial score (nSPS) is 31.5. The van der Waals surface area contributed by atoms with Crippen molar-refractivity contribution in [1.82, 2.24) is 0 Å². The topological polar surface area (TPSA) is 101 Å². The van der Waals surface area contributed by atoms with Crippen LogP contribution in [0.5, 0.6) is 0 Å². The largest absolute Gasteiger partial charge is 0.481 e. The molecule has 3 unspecified atom stereocenters. The van der Waals surface area contributed by atoms with Gasteiger partial charge in [-0.15, -0.1) is 0 Å². The van der Waals surface area contributed by atoms with E-state index in [1.54, 1.807) is 0 Å². The van der Waals surface area contributed by atoms with Gasteiger partial charge in [0.25, 0.3) is 0 Å². The molecule has 2 aliphatic carbocycles. The van der Waals surface area contributed by atoms with Gasteiger partial charge in [-0.1, -0.05) is 19.3 Å². The van der Waals surface area contributed by atoms with E-state index < -0.39 is 41.0 Å². The van der Waals surface area contributed by atoms with Crippen molar-refractivity contribution in [2.45, 2.75) is 57.5 Å². The Morgan fingerprint density at radius 3 is 2.00 bits per heavy atom. The smallest absolute Gasteiger partial charge is 0.306 e. The van der Waals surface area contributed by atoms with Crippen LogP contribution in [0.2, 0.25) is 0 Å². The molecule has 0 aromatic rings. The van der Waals surface area contributed by atoms with E-state index in [1.807, 2.05) is 0 Å². The van der Waals surface area contributed by atoms with Crippen molar-refractivity contribution in [3.05, 3.63) is 0 Å². The van der Waals surface area contributed by atoms with Crippen LogP contribution in [0.15, 0.2) is 0 Å². The number of hydrogen-bond acceptors (Lipinski definition) is 4. The fraction of sp³-hybridized carbons (Fsp3) is 0.867. The summed E-state index contributed by atoms with van der Waals surface area (Å²) < 4.78 is 17.6. The van der Waals surface area contributed by atoms with Crippen LogP contribution in [-0.2, 0) is 24.9 Å². The molecular weight excluding hydrogens is 308 g/mol. The molecule has 6 nitrogen and oxygen atoms in total. The Labute approximate surface area is 132 Å². The highest BCUT2D eigenvalue weighted by Crippen LogP contribution is 2.32. The van der Waals surface area contributed by atoms with Gasteiger partial charge in [-0.05, 0) is 38.0 Å². The Morgan fingerprint density at radius 2 is 1.50 bits per heavy atom. The van der Waals surface area contributed by atoms with E-state index in [0.29, 0.717) is 11.7 Å². The quantitative estimate of drug-likeness (QED) is 0.773. The van der Waals surface area contributed by atoms with Crippen LogP contribution >= 0.6 is 0 Å². The number of rotatable bonds is 6. The van der Waals surface area contributed by atoms with Crippen LogP contribution in [0.25, 0.3) is 0 Å². The van der Waals surface area contributed by atoms with E-state index in [2.05, 4.69) is 0 Å². The molecule has 2 rings (SSSR count). The van der Waals surface area contributed by atoms with Gasteiger partial charge in [-0.3, -0.25) is 13.8 Å². The highest BCUT2D eigenvalue weighted by molar-refractivity contribution is 7.80. The molecule has 2 saturated carbocycles. The van der Waals surface area contributed by atoms with Crippen LogP contribution in [0.4, 0.5) is 0 Å². The maximum absolute atomic E-state index is 12.1. The standard InChI is InChI=1S/C15H24O6S/c16-14(17)11-6-12(15(18)19)8-13(7-11)21-22(20)9-10-4-2-1-3-5-10/h10-13H,1-9H2,(H,16,17)(H,18,19). The Bertz CT molecular complexity index is 410. The Kier molecular flexibility index (Phi) is 6.37. The predicted molar refractivity (Wildman–Crippen MR) is 80.6 cm³/mol. The molecule has 0 saturated heterocycles. The summed E-state index contributed by atoms with van der Waals surface area (Å²) in [6.07, 6.45) is 5.75. The van der Waals surface area contributed by atoms with Crippen molar-refractivity contribution >= 4 is 23.0 Å². The predicted octanol–water partition coefficient (Wildman–Crippen LogP) is 2.20. The van der Waals surface area contributed by atoms with Gasteiger partial charge < -0.3 is 10.2 Å². The van der Waals surface area contributed by atoms with E-state index >= 15 is 0 Å². The lowest BCUT2D eigenvalue weighted by Crippen LogP contribution is -2.36. The molecule has 0 heterocycles. The second-order valence-corrected chi connectivity index (χ2v) is 7.60. The summed E-state index contributed by atoms with van der Waals surface area (Å²) in [4.78, 5) is 22.3. The number of carbonyl (C=O) groups is 2. The number of aliphatic carboxylic acids is 2. The molecule has 0 spiro atoms.